The number of amides is 1. The SMILES string of the molecule is Cc1cnc(C(C)NC(=O)c2csc(CN)n2)s1.Cl.Cl. The summed E-state index contributed by atoms with van der Waals surface area (Å²) in [5.74, 6) is -0.189. The van der Waals surface area contributed by atoms with E-state index < -0.39 is 0 Å². The predicted molar refractivity (Wildman–Crippen MR) is 87.2 cm³/mol. The van der Waals surface area contributed by atoms with E-state index in [0.29, 0.717) is 12.2 Å². The maximum absolute atomic E-state index is 11.9. The molecule has 112 valence electrons. The van der Waals surface area contributed by atoms with Crippen LogP contribution >= 0.6 is 47.5 Å². The Morgan fingerprint density at radius 1 is 1.50 bits per heavy atom. The van der Waals surface area contributed by atoms with Crippen LogP contribution in [0.15, 0.2) is 11.6 Å². The summed E-state index contributed by atoms with van der Waals surface area (Å²) in [5, 5.41) is 6.26. The number of rotatable bonds is 4. The zero-order valence-corrected chi connectivity index (χ0v) is 14.2. The van der Waals surface area contributed by atoms with E-state index in [9.17, 15) is 4.79 Å². The molecule has 0 fully saturated rings. The van der Waals surface area contributed by atoms with Gasteiger partial charge in [-0.05, 0) is 13.8 Å². The molecule has 2 heterocycles. The molecule has 2 rings (SSSR count). The van der Waals surface area contributed by atoms with Crippen LogP contribution in [0.1, 0.15) is 38.3 Å². The number of nitrogens with one attached hydrogen (secondary N) is 1. The molecule has 1 amide bonds. The van der Waals surface area contributed by atoms with E-state index in [1.165, 1.54) is 11.3 Å². The van der Waals surface area contributed by atoms with Crippen LogP contribution in [0.3, 0.4) is 0 Å². The van der Waals surface area contributed by atoms with Gasteiger partial charge in [0, 0.05) is 23.0 Å². The molecule has 9 heteroatoms. The van der Waals surface area contributed by atoms with Gasteiger partial charge in [0.15, 0.2) is 0 Å². The summed E-state index contributed by atoms with van der Waals surface area (Å²) in [5.41, 5.74) is 5.88. The fraction of sp³-hybridized carbons (Fsp3) is 0.364. The first-order valence-electron chi connectivity index (χ1n) is 5.48. The Bertz CT molecular complexity index is 558. The number of carbonyl (C=O) groups is 1. The van der Waals surface area contributed by atoms with E-state index in [0.717, 1.165) is 14.9 Å². The van der Waals surface area contributed by atoms with Crippen LogP contribution in [0.4, 0.5) is 0 Å². The van der Waals surface area contributed by atoms with Gasteiger partial charge in [-0.25, -0.2) is 9.97 Å². The fourth-order valence-corrected chi connectivity index (χ4v) is 2.84. The van der Waals surface area contributed by atoms with Gasteiger partial charge in [-0.1, -0.05) is 0 Å². The van der Waals surface area contributed by atoms with Crippen molar-refractivity contribution in [1.29, 1.82) is 0 Å². The van der Waals surface area contributed by atoms with Crippen LogP contribution in [-0.4, -0.2) is 15.9 Å². The Kier molecular flexibility index (Phi) is 8.22. The largest absolute Gasteiger partial charge is 0.342 e. The number of hydrogen-bond donors (Lipinski definition) is 2. The summed E-state index contributed by atoms with van der Waals surface area (Å²) in [6.07, 6.45) is 1.80. The lowest BCUT2D eigenvalue weighted by molar-refractivity contribution is 0.0935. The summed E-state index contributed by atoms with van der Waals surface area (Å²) in [6.45, 7) is 4.26. The van der Waals surface area contributed by atoms with Gasteiger partial charge in [0.1, 0.15) is 15.7 Å². The molecule has 0 saturated heterocycles. The molecule has 0 aliphatic carbocycles. The van der Waals surface area contributed by atoms with Crippen molar-refractivity contribution in [3.8, 4) is 0 Å². The Labute approximate surface area is 137 Å². The summed E-state index contributed by atoms with van der Waals surface area (Å²) in [6, 6.07) is -0.112. The van der Waals surface area contributed by atoms with Crippen LogP contribution in [0.5, 0.6) is 0 Å². The number of aromatic nitrogens is 2. The molecule has 2 aromatic heterocycles. The topological polar surface area (TPSA) is 80.9 Å². The van der Waals surface area contributed by atoms with Crippen LogP contribution in [0.25, 0.3) is 0 Å². The van der Waals surface area contributed by atoms with Gasteiger partial charge < -0.3 is 11.1 Å². The fourth-order valence-electron chi connectivity index (χ4n) is 1.41. The lowest BCUT2D eigenvalue weighted by atomic mass is 10.3. The Morgan fingerprint density at radius 3 is 2.70 bits per heavy atom. The van der Waals surface area contributed by atoms with E-state index >= 15 is 0 Å². The number of carbonyl (C=O) groups excluding carboxylic acids is 1. The minimum atomic E-state index is -0.189. The van der Waals surface area contributed by atoms with Gasteiger partial charge in [0.2, 0.25) is 0 Å². The normalized spacial score (nSPS) is 11.2. The van der Waals surface area contributed by atoms with Crippen molar-refractivity contribution in [3.63, 3.8) is 0 Å². The first kappa shape index (κ1) is 19.3. The highest BCUT2D eigenvalue weighted by molar-refractivity contribution is 7.11. The van der Waals surface area contributed by atoms with Gasteiger partial charge in [-0.3, -0.25) is 4.79 Å². The maximum atomic E-state index is 11.9. The standard InChI is InChI=1S/C11H14N4OS2.2ClH/c1-6-4-13-11(18-6)7(2)14-10(16)8-5-17-9(3-12)15-8;;/h4-5,7H,3,12H2,1-2H3,(H,14,16);2*1H. The average molecular weight is 355 g/mol. The minimum absolute atomic E-state index is 0. The predicted octanol–water partition coefficient (Wildman–Crippen LogP) is 2.70. The summed E-state index contributed by atoms with van der Waals surface area (Å²) in [7, 11) is 0. The third-order valence-corrected chi connectivity index (χ3v) is 4.28. The molecule has 3 N–H and O–H groups in total. The average Bonchev–Trinajstić information content (AvgIpc) is 2.97. The van der Waals surface area contributed by atoms with Crippen LogP contribution in [0, 0.1) is 6.92 Å². The number of nitrogens with zero attached hydrogens (tertiary/aromatic N) is 2. The molecule has 1 atom stereocenters. The molecule has 0 aromatic carbocycles. The molecule has 2 aromatic rings. The summed E-state index contributed by atoms with van der Waals surface area (Å²) < 4.78 is 0. The molecule has 20 heavy (non-hydrogen) atoms. The number of thiazole rings is 2. The summed E-state index contributed by atoms with van der Waals surface area (Å²) in [4.78, 5) is 21.5. The Balaban J connectivity index is 0.00000180. The number of nitrogens with two attached hydrogens (primary N) is 1. The minimum Gasteiger partial charge on any atom is -0.342 e. The van der Waals surface area contributed by atoms with Crippen LogP contribution in [-0.2, 0) is 6.54 Å². The highest BCUT2D eigenvalue weighted by atomic mass is 35.5. The molecule has 0 radical (unpaired) electrons. The van der Waals surface area contributed by atoms with E-state index in [-0.39, 0.29) is 36.8 Å². The first-order valence-corrected chi connectivity index (χ1v) is 7.17. The van der Waals surface area contributed by atoms with Gasteiger partial charge >= 0.3 is 0 Å². The quantitative estimate of drug-likeness (QED) is 0.884. The molecule has 1 unspecified atom stereocenters. The first-order chi connectivity index (χ1) is 8.60. The van der Waals surface area contributed by atoms with Crippen molar-refractivity contribution in [2.75, 3.05) is 0 Å². The van der Waals surface area contributed by atoms with Crippen molar-refractivity contribution < 1.29 is 4.79 Å². The van der Waals surface area contributed by atoms with Crippen molar-refractivity contribution >= 4 is 53.4 Å². The van der Waals surface area contributed by atoms with Gasteiger partial charge in [0.25, 0.3) is 5.91 Å². The highest BCUT2D eigenvalue weighted by Crippen LogP contribution is 2.19. The van der Waals surface area contributed by atoms with Crippen molar-refractivity contribution in [3.05, 3.63) is 32.2 Å². The molecule has 0 aliphatic rings. The molecular weight excluding hydrogens is 339 g/mol. The van der Waals surface area contributed by atoms with Crippen LogP contribution in [0.2, 0.25) is 0 Å². The van der Waals surface area contributed by atoms with Crippen molar-refractivity contribution in [2.45, 2.75) is 26.4 Å². The second-order valence-corrected chi connectivity index (χ2v) is 6.04. The van der Waals surface area contributed by atoms with E-state index in [4.69, 9.17) is 5.73 Å². The molecule has 0 saturated carbocycles. The molecule has 0 spiro atoms. The lowest BCUT2D eigenvalue weighted by Gasteiger charge is -2.09. The van der Waals surface area contributed by atoms with E-state index in [1.807, 2.05) is 13.8 Å². The Morgan fingerprint density at radius 2 is 2.20 bits per heavy atom. The molecular formula is C11H16Cl2N4OS2. The zero-order chi connectivity index (χ0) is 13.1. The molecule has 0 aliphatic heterocycles. The third kappa shape index (κ3) is 4.68. The Hall–Kier alpha value is -0.730. The molecule has 0 bridgehead atoms. The van der Waals surface area contributed by atoms with E-state index in [1.54, 1.807) is 22.9 Å². The van der Waals surface area contributed by atoms with Crippen molar-refractivity contribution in [2.24, 2.45) is 5.73 Å². The van der Waals surface area contributed by atoms with Gasteiger partial charge in [-0.2, -0.15) is 0 Å². The second kappa shape index (κ2) is 8.53. The summed E-state index contributed by atoms with van der Waals surface area (Å²) >= 11 is 2.97. The van der Waals surface area contributed by atoms with E-state index in [2.05, 4.69) is 15.3 Å². The highest BCUT2D eigenvalue weighted by Gasteiger charge is 2.16. The van der Waals surface area contributed by atoms with Gasteiger partial charge in [-0.15, -0.1) is 47.5 Å². The number of hydrogen-bond acceptors (Lipinski definition) is 6. The number of aryl methyl sites for hydroxylation is 1. The molecule has 5 nitrogen and oxygen atoms in total. The monoisotopic (exact) mass is 354 g/mol. The lowest BCUT2D eigenvalue weighted by Crippen LogP contribution is -2.26. The maximum Gasteiger partial charge on any atom is 0.271 e. The smallest absolute Gasteiger partial charge is 0.271 e. The third-order valence-electron chi connectivity index (χ3n) is 2.32. The zero-order valence-electron chi connectivity index (χ0n) is 11.0. The number of halogens is 2. The van der Waals surface area contributed by atoms with Gasteiger partial charge in [0.05, 0.1) is 6.04 Å². The van der Waals surface area contributed by atoms with Crippen molar-refractivity contribution in [1.82, 2.24) is 15.3 Å². The van der Waals surface area contributed by atoms with Crippen LogP contribution < -0.4 is 11.1 Å². The second-order valence-electron chi connectivity index (χ2n) is 3.83.